The average Bonchev–Trinajstić information content (AvgIpc) is 3.21. The molecule has 1 N–H and O–H groups in total. The number of ether oxygens (including phenoxy) is 1. The van der Waals surface area contributed by atoms with E-state index in [9.17, 15) is 0 Å². The van der Waals surface area contributed by atoms with E-state index in [1.165, 1.54) is 25.7 Å². The second kappa shape index (κ2) is 7.57. The first-order valence-electron chi connectivity index (χ1n) is 6.85. The Balaban J connectivity index is 1.78. The largest absolute Gasteiger partial charge is 0.481 e. The van der Waals surface area contributed by atoms with E-state index in [0.29, 0.717) is 6.61 Å². The predicted octanol–water partition coefficient (Wildman–Crippen LogP) is 3.74. The van der Waals surface area contributed by atoms with Gasteiger partial charge in [-0.3, -0.25) is 0 Å². The van der Waals surface area contributed by atoms with E-state index in [1.54, 1.807) is 0 Å². The Bertz CT molecular complexity index is 449. The fourth-order valence-electron chi connectivity index (χ4n) is 2.09. The van der Waals surface area contributed by atoms with Crippen molar-refractivity contribution in [1.29, 1.82) is 0 Å². The molecule has 0 amide bonds. The molecule has 1 aliphatic rings. The lowest BCUT2D eigenvalue weighted by atomic mass is 10.2. The van der Waals surface area contributed by atoms with Gasteiger partial charge in [-0.05, 0) is 43.5 Å². The van der Waals surface area contributed by atoms with Crippen molar-refractivity contribution in [3.8, 4) is 18.1 Å². The maximum absolute atomic E-state index is 5.55. The molecule has 0 aliphatic heterocycles. The van der Waals surface area contributed by atoms with Gasteiger partial charge in [0.1, 0.15) is 12.4 Å². The van der Waals surface area contributed by atoms with Crippen molar-refractivity contribution in [2.45, 2.75) is 32.2 Å². The second-order valence-corrected chi connectivity index (χ2v) is 5.92. The molecule has 0 radical (unpaired) electrons. The molecule has 1 fully saturated rings. The fraction of sp³-hybridized carbons (Fsp3) is 0.500. The molecule has 0 heterocycles. The van der Waals surface area contributed by atoms with Crippen LogP contribution in [0.1, 0.15) is 31.2 Å². The van der Waals surface area contributed by atoms with Crippen LogP contribution in [-0.2, 0) is 6.54 Å². The molecule has 0 spiro atoms. The van der Waals surface area contributed by atoms with Gasteiger partial charge in [-0.1, -0.05) is 34.7 Å². The summed E-state index contributed by atoms with van der Waals surface area (Å²) in [5.74, 6) is 4.39. The van der Waals surface area contributed by atoms with Crippen molar-refractivity contribution in [2.75, 3.05) is 13.2 Å². The molecule has 19 heavy (non-hydrogen) atoms. The van der Waals surface area contributed by atoms with Gasteiger partial charge in [0.2, 0.25) is 0 Å². The smallest absolute Gasteiger partial charge is 0.148 e. The van der Waals surface area contributed by atoms with Crippen molar-refractivity contribution >= 4 is 15.9 Å². The number of benzene rings is 1. The SMILES string of the molecule is C#CCOc1ccc(Br)cc1CNCCCC1CC1. The van der Waals surface area contributed by atoms with Crippen molar-refractivity contribution in [3.63, 3.8) is 0 Å². The van der Waals surface area contributed by atoms with Crippen LogP contribution in [0.15, 0.2) is 22.7 Å². The molecule has 1 aliphatic carbocycles. The molecule has 102 valence electrons. The quantitative estimate of drug-likeness (QED) is 0.581. The molecule has 2 nitrogen and oxygen atoms in total. The molecule has 0 atom stereocenters. The van der Waals surface area contributed by atoms with Crippen LogP contribution < -0.4 is 10.1 Å². The third kappa shape index (κ3) is 5.26. The third-order valence-electron chi connectivity index (χ3n) is 3.31. The Morgan fingerprint density at radius 2 is 2.26 bits per heavy atom. The van der Waals surface area contributed by atoms with Crippen LogP contribution >= 0.6 is 15.9 Å². The molecule has 0 bridgehead atoms. The van der Waals surface area contributed by atoms with Crippen LogP contribution in [0.5, 0.6) is 5.75 Å². The van der Waals surface area contributed by atoms with E-state index in [0.717, 1.165) is 34.8 Å². The second-order valence-electron chi connectivity index (χ2n) is 5.01. The molecule has 0 saturated heterocycles. The maximum atomic E-state index is 5.55. The minimum Gasteiger partial charge on any atom is -0.481 e. The zero-order valence-corrected chi connectivity index (χ0v) is 12.7. The van der Waals surface area contributed by atoms with Gasteiger partial charge in [0, 0.05) is 16.6 Å². The first-order valence-corrected chi connectivity index (χ1v) is 7.64. The van der Waals surface area contributed by atoms with Crippen molar-refractivity contribution in [2.24, 2.45) is 5.92 Å². The van der Waals surface area contributed by atoms with Gasteiger partial charge in [0.15, 0.2) is 0 Å². The van der Waals surface area contributed by atoms with Crippen molar-refractivity contribution in [1.82, 2.24) is 5.32 Å². The molecule has 0 aromatic heterocycles. The van der Waals surface area contributed by atoms with Crippen LogP contribution in [-0.4, -0.2) is 13.2 Å². The normalized spacial score (nSPS) is 14.1. The Kier molecular flexibility index (Phi) is 5.75. The van der Waals surface area contributed by atoms with Gasteiger partial charge < -0.3 is 10.1 Å². The van der Waals surface area contributed by atoms with E-state index < -0.39 is 0 Å². The Hall–Kier alpha value is -0.980. The highest BCUT2D eigenvalue weighted by Crippen LogP contribution is 2.33. The summed E-state index contributed by atoms with van der Waals surface area (Å²) in [7, 11) is 0. The molecule has 0 unspecified atom stereocenters. The van der Waals surface area contributed by atoms with Crippen LogP contribution in [0.4, 0.5) is 0 Å². The lowest BCUT2D eigenvalue weighted by molar-refractivity contribution is 0.364. The highest BCUT2D eigenvalue weighted by atomic mass is 79.9. The van der Waals surface area contributed by atoms with Crippen LogP contribution in [0.25, 0.3) is 0 Å². The number of hydrogen-bond donors (Lipinski definition) is 1. The summed E-state index contributed by atoms with van der Waals surface area (Å²) in [4.78, 5) is 0. The molecule has 2 rings (SSSR count). The minimum atomic E-state index is 0.316. The number of nitrogens with one attached hydrogen (secondary N) is 1. The monoisotopic (exact) mass is 321 g/mol. The number of rotatable bonds is 8. The molecule has 1 aromatic carbocycles. The Labute approximate surface area is 124 Å². The third-order valence-corrected chi connectivity index (χ3v) is 3.81. The van der Waals surface area contributed by atoms with E-state index >= 15 is 0 Å². The fourth-order valence-corrected chi connectivity index (χ4v) is 2.50. The van der Waals surface area contributed by atoms with E-state index in [1.807, 2.05) is 12.1 Å². The summed E-state index contributed by atoms with van der Waals surface area (Å²) >= 11 is 3.49. The Morgan fingerprint density at radius 1 is 1.42 bits per heavy atom. The summed E-state index contributed by atoms with van der Waals surface area (Å²) in [5.41, 5.74) is 1.15. The van der Waals surface area contributed by atoms with Gasteiger partial charge in [0.05, 0.1) is 0 Å². The minimum absolute atomic E-state index is 0.316. The Morgan fingerprint density at radius 3 is 3.00 bits per heavy atom. The van der Waals surface area contributed by atoms with Crippen LogP contribution in [0.2, 0.25) is 0 Å². The van der Waals surface area contributed by atoms with E-state index in [2.05, 4.69) is 33.2 Å². The molecular formula is C16H20BrNO. The summed E-state index contributed by atoms with van der Waals surface area (Å²) in [6.07, 6.45) is 10.7. The first kappa shape index (κ1) is 14.4. The molecule has 3 heteroatoms. The zero-order valence-electron chi connectivity index (χ0n) is 11.1. The lowest BCUT2D eigenvalue weighted by Gasteiger charge is -2.11. The van der Waals surface area contributed by atoms with Gasteiger partial charge in [-0.2, -0.15) is 0 Å². The van der Waals surface area contributed by atoms with Gasteiger partial charge in [-0.15, -0.1) is 6.42 Å². The average molecular weight is 322 g/mol. The van der Waals surface area contributed by atoms with Crippen molar-refractivity contribution < 1.29 is 4.74 Å². The summed E-state index contributed by atoms with van der Waals surface area (Å²) in [5, 5.41) is 3.48. The highest BCUT2D eigenvalue weighted by molar-refractivity contribution is 9.10. The number of hydrogen-bond acceptors (Lipinski definition) is 2. The predicted molar refractivity (Wildman–Crippen MR) is 82.1 cm³/mol. The van der Waals surface area contributed by atoms with Gasteiger partial charge >= 0.3 is 0 Å². The summed E-state index contributed by atoms with van der Waals surface area (Å²) in [6, 6.07) is 6.02. The van der Waals surface area contributed by atoms with Gasteiger partial charge in [0.25, 0.3) is 0 Å². The molecule has 1 saturated carbocycles. The first-order chi connectivity index (χ1) is 9.29. The van der Waals surface area contributed by atoms with Crippen LogP contribution in [0.3, 0.4) is 0 Å². The van der Waals surface area contributed by atoms with E-state index in [-0.39, 0.29) is 0 Å². The topological polar surface area (TPSA) is 21.3 Å². The molecule has 1 aromatic rings. The number of terminal acetylenes is 1. The van der Waals surface area contributed by atoms with E-state index in [4.69, 9.17) is 11.2 Å². The lowest BCUT2D eigenvalue weighted by Crippen LogP contribution is -2.15. The molecular weight excluding hydrogens is 302 g/mol. The summed E-state index contributed by atoms with van der Waals surface area (Å²) in [6.45, 7) is 2.21. The van der Waals surface area contributed by atoms with Gasteiger partial charge in [-0.25, -0.2) is 0 Å². The maximum Gasteiger partial charge on any atom is 0.148 e. The summed E-state index contributed by atoms with van der Waals surface area (Å²) < 4.78 is 6.61. The standard InChI is InChI=1S/C16H20BrNO/c1-2-10-19-16-8-7-15(17)11-14(16)12-18-9-3-4-13-5-6-13/h1,7-8,11,13,18H,3-6,9-10,12H2. The van der Waals surface area contributed by atoms with Crippen LogP contribution in [0, 0.1) is 18.3 Å². The van der Waals surface area contributed by atoms with Crippen molar-refractivity contribution in [3.05, 3.63) is 28.2 Å². The number of halogens is 1. The zero-order chi connectivity index (χ0) is 13.5. The highest BCUT2D eigenvalue weighted by Gasteiger charge is 2.19.